The number of amides is 2. The quantitative estimate of drug-likeness (QED) is 0.0684. The van der Waals surface area contributed by atoms with Crippen LogP contribution in [0.1, 0.15) is 52.8 Å². The molecule has 2 aromatic heterocycles. The normalized spacial score (nSPS) is 11.5. The highest BCUT2D eigenvalue weighted by molar-refractivity contribution is 6.09. The van der Waals surface area contributed by atoms with Gasteiger partial charge in [-0.25, -0.2) is 23.9 Å². The Labute approximate surface area is 416 Å². The van der Waals surface area contributed by atoms with E-state index < -0.39 is 106 Å². The van der Waals surface area contributed by atoms with E-state index in [1.165, 1.54) is 12.1 Å². The van der Waals surface area contributed by atoms with Crippen LogP contribution in [0.4, 0.5) is 68.5 Å². The smallest absolute Gasteiger partial charge is 0.506 e. The summed E-state index contributed by atoms with van der Waals surface area (Å²) in [5.41, 5.74) is -6.29. The van der Waals surface area contributed by atoms with Crippen LogP contribution in [-0.4, -0.2) is 80.0 Å². The maximum absolute atomic E-state index is 15.1. The zero-order chi connectivity index (χ0) is 56.5. The Hall–Kier alpha value is -9.25. The average Bonchev–Trinajstić information content (AvgIpc) is 3.33. The number of aromatic nitrogens is 2. The van der Waals surface area contributed by atoms with Gasteiger partial charge in [-0.2, -0.15) is 26.3 Å². The number of carbonyl (C=O) groups is 4. The third-order valence-corrected chi connectivity index (χ3v) is 9.31. The number of ether oxygens (including phenoxy) is 8. The van der Waals surface area contributed by atoms with Crippen molar-refractivity contribution in [3.63, 3.8) is 0 Å². The first-order chi connectivity index (χ1) is 35.5. The molecule has 30 heteroatoms. The molecular formula is C46H31F13N4O13. The number of phenols is 1. The number of hydrogen-bond acceptors (Lipinski definition) is 15. The van der Waals surface area contributed by atoms with Crippen LogP contribution in [0.3, 0.4) is 0 Å². The van der Waals surface area contributed by atoms with Crippen LogP contribution >= 0.6 is 0 Å². The molecular weight excluding hydrogens is 1060 g/mol. The predicted molar refractivity (Wildman–Crippen MR) is 231 cm³/mol. The van der Waals surface area contributed by atoms with Gasteiger partial charge >= 0.3 is 37.0 Å². The van der Waals surface area contributed by atoms with Crippen LogP contribution in [0.25, 0.3) is 0 Å². The van der Waals surface area contributed by atoms with Crippen LogP contribution < -0.4 is 39.1 Å². The SMILES string of the molecule is COC(=O)c1cc(NC(=O)c2c(Oc3ccc(OC(F)(F)F)cc3OC)ccc(C(F)(F)F)c2F)ccn1.COC(=O)c1cc(NC(=O)c2c(Oc3ccc(OC(F)(F)F)cc3OC)ccc(C(F)(F)F)c2O)ccn1. The second-order valence-corrected chi connectivity index (χ2v) is 14.3. The van der Waals surface area contributed by atoms with Gasteiger partial charge in [0.2, 0.25) is 0 Å². The monoisotopic (exact) mass is 1090 g/mol. The van der Waals surface area contributed by atoms with Crippen LogP contribution in [-0.2, 0) is 21.8 Å². The number of esters is 2. The molecule has 0 atom stereocenters. The van der Waals surface area contributed by atoms with Crippen LogP contribution in [0, 0.1) is 5.82 Å². The molecule has 0 aliphatic rings. The Morgan fingerprint density at radius 1 is 0.487 bits per heavy atom. The Balaban J connectivity index is 0.000000281. The topological polar surface area (TPSA) is 212 Å². The minimum absolute atomic E-state index is 0.0978. The van der Waals surface area contributed by atoms with Crippen molar-refractivity contribution in [3.05, 3.63) is 137 Å². The molecule has 3 N–H and O–H groups in total. The largest absolute Gasteiger partial charge is 0.573 e. The number of benzene rings is 4. The van der Waals surface area contributed by atoms with Gasteiger partial charge in [-0.05, 0) is 72.8 Å². The fourth-order valence-corrected chi connectivity index (χ4v) is 6.11. The van der Waals surface area contributed by atoms with Crippen LogP contribution in [0.5, 0.6) is 51.7 Å². The van der Waals surface area contributed by atoms with E-state index in [1.807, 2.05) is 0 Å². The number of carbonyl (C=O) groups excluding carboxylic acids is 4. The number of alkyl halides is 12. The van der Waals surface area contributed by atoms with Crippen molar-refractivity contribution in [1.82, 2.24) is 9.97 Å². The number of halogens is 13. The summed E-state index contributed by atoms with van der Waals surface area (Å²) in [5.74, 6) is -12.1. The molecule has 2 heterocycles. The zero-order valence-corrected chi connectivity index (χ0v) is 38.4. The maximum Gasteiger partial charge on any atom is 0.573 e. The molecule has 2 amide bonds. The number of nitrogens with zero attached hydrogens (tertiary/aromatic N) is 2. The molecule has 0 bridgehead atoms. The fraction of sp³-hybridized carbons (Fsp3) is 0.174. The van der Waals surface area contributed by atoms with E-state index >= 15 is 4.39 Å². The minimum Gasteiger partial charge on any atom is -0.506 e. The van der Waals surface area contributed by atoms with Crippen molar-refractivity contribution in [2.45, 2.75) is 25.1 Å². The molecule has 6 rings (SSSR count). The van der Waals surface area contributed by atoms with Crippen molar-refractivity contribution < 1.29 is 119 Å². The molecule has 6 aromatic rings. The summed E-state index contributed by atoms with van der Waals surface area (Å²) >= 11 is 0. The summed E-state index contributed by atoms with van der Waals surface area (Å²) in [6.07, 6.45) is -18.1. The molecule has 0 fully saturated rings. The summed E-state index contributed by atoms with van der Waals surface area (Å²) in [7, 11) is 4.26. The fourth-order valence-electron chi connectivity index (χ4n) is 6.11. The van der Waals surface area contributed by atoms with Crippen molar-refractivity contribution in [1.29, 1.82) is 0 Å². The molecule has 17 nitrogen and oxygen atoms in total. The lowest BCUT2D eigenvalue weighted by Crippen LogP contribution is -2.19. The predicted octanol–water partition coefficient (Wildman–Crippen LogP) is 11.5. The first-order valence-electron chi connectivity index (χ1n) is 20.2. The second kappa shape index (κ2) is 23.3. The highest BCUT2D eigenvalue weighted by atomic mass is 19.4. The third-order valence-electron chi connectivity index (χ3n) is 9.31. The number of methoxy groups -OCH3 is 4. The minimum atomic E-state index is -5.19. The van der Waals surface area contributed by atoms with E-state index in [9.17, 15) is 77.0 Å². The van der Waals surface area contributed by atoms with Gasteiger partial charge in [0.15, 0.2) is 28.8 Å². The van der Waals surface area contributed by atoms with E-state index in [0.29, 0.717) is 18.2 Å². The van der Waals surface area contributed by atoms with Crippen molar-refractivity contribution in [3.8, 4) is 51.7 Å². The number of aromatic hydroxyl groups is 1. The molecule has 0 spiro atoms. The lowest BCUT2D eigenvalue weighted by molar-refractivity contribution is -0.275. The van der Waals surface area contributed by atoms with Gasteiger partial charge in [0, 0.05) is 35.9 Å². The number of nitrogens with one attached hydrogen (secondary N) is 2. The molecule has 4 aromatic carbocycles. The summed E-state index contributed by atoms with van der Waals surface area (Å²) in [4.78, 5) is 56.7. The standard InChI is InChI=1S/C23H15F7N2O6.C23H16F6N2O7/c1-35-17-10-12(38-23(28,29)30)3-5-15(17)37-16-6-4-13(22(25,26)27)19(24)18(16)20(33)32-11-7-8-31-14(9-11)21(34)36-2;1-35-17-10-12(38-23(27,28)29)3-5-15(17)37-16-6-4-13(22(24,25)26)19(32)18(16)20(33)31-11-7-8-30-14(9-11)21(34)36-2/h3-10H,1-2H3,(H,31,32,33);3-10,32H,1-2H3,(H,30,31,33). The zero-order valence-electron chi connectivity index (χ0n) is 38.4. The summed E-state index contributed by atoms with van der Waals surface area (Å²) in [6, 6.07) is 11.6. The molecule has 0 aliphatic carbocycles. The Morgan fingerprint density at radius 2 is 0.868 bits per heavy atom. The average molecular weight is 1090 g/mol. The van der Waals surface area contributed by atoms with Crippen molar-refractivity contribution >= 4 is 35.1 Å². The Bertz CT molecular complexity index is 2920. The van der Waals surface area contributed by atoms with E-state index in [2.05, 4.69) is 39.5 Å². The third kappa shape index (κ3) is 14.9. The van der Waals surface area contributed by atoms with Gasteiger partial charge in [-0.15, -0.1) is 26.3 Å². The van der Waals surface area contributed by atoms with E-state index in [4.69, 9.17) is 18.9 Å². The first-order valence-corrected chi connectivity index (χ1v) is 20.2. The van der Waals surface area contributed by atoms with Gasteiger partial charge in [0.1, 0.15) is 51.3 Å². The van der Waals surface area contributed by atoms with E-state index in [1.54, 1.807) is 0 Å². The molecule has 404 valence electrons. The van der Waals surface area contributed by atoms with Crippen molar-refractivity contribution in [2.24, 2.45) is 0 Å². The summed E-state index contributed by atoms with van der Waals surface area (Å²) in [5, 5.41) is 14.7. The number of anilines is 2. The van der Waals surface area contributed by atoms with Gasteiger partial charge in [-0.3, -0.25) is 9.59 Å². The number of hydrogen-bond donors (Lipinski definition) is 3. The van der Waals surface area contributed by atoms with E-state index in [0.717, 1.165) is 95.4 Å². The summed E-state index contributed by atoms with van der Waals surface area (Å²) < 4.78 is 208. The van der Waals surface area contributed by atoms with E-state index in [-0.39, 0.29) is 45.8 Å². The Kier molecular flexibility index (Phi) is 17.7. The summed E-state index contributed by atoms with van der Waals surface area (Å²) in [6.45, 7) is 0. The highest BCUT2D eigenvalue weighted by Crippen LogP contribution is 2.45. The van der Waals surface area contributed by atoms with Crippen LogP contribution in [0.15, 0.2) is 97.3 Å². The van der Waals surface area contributed by atoms with Crippen LogP contribution in [0.2, 0.25) is 0 Å². The lowest BCUT2D eigenvalue weighted by Gasteiger charge is -2.18. The molecule has 0 radical (unpaired) electrons. The highest BCUT2D eigenvalue weighted by Gasteiger charge is 2.39. The number of rotatable bonds is 14. The first kappa shape index (κ1) is 57.6. The second-order valence-electron chi connectivity index (χ2n) is 14.3. The molecule has 76 heavy (non-hydrogen) atoms. The Morgan fingerprint density at radius 3 is 1.25 bits per heavy atom. The van der Waals surface area contributed by atoms with Gasteiger partial charge < -0.3 is 53.6 Å². The maximum atomic E-state index is 15.1. The lowest BCUT2D eigenvalue weighted by atomic mass is 10.1. The molecule has 0 aliphatic heterocycles. The molecule has 0 unspecified atom stereocenters. The van der Waals surface area contributed by atoms with Gasteiger partial charge in [0.25, 0.3) is 11.8 Å². The van der Waals surface area contributed by atoms with Gasteiger partial charge in [-0.1, -0.05) is 0 Å². The van der Waals surface area contributed by atoms with Gasteiger partial charge in [0.05, 0.1) is 39.6 Å². The number of pyridine rings is 2. The number of phenolic OH excluding ortho intramolecular Hbond substituents is 1. The molecule has 0 saturated carbocycles. The molecule has 0 saturated heterocycles. The van der Waals surface area contributed by atoms with Crippen molar-refractivity contribution in [2.75, 3.05) is 39.1 Å².